The number of carboxylic acids is 1. The summed E-state index contributed by atoms with van der Waals surface area (Å²) in [7, 11) is 0. The van der Waals surface area contributed by atoms with Crippen molar-refractivity contribution in [3.8, 4) is 0 Å². The molecule has 0 atom stereocenters. The first-order valence-corrected chi connectivity index (χ1v) is 10.9. The van der Waals surface area contributed by atoms with Crippen LogP contribution in [0.25, 0.3) is 16.6 Å². The average molecular weight is 443 g/mol. The first kappa shape index (κ1) is 21.6. The van der Waals surface area contributed by atoms with Crippen LogP contribution >= 0.6 is 11.7 Å². The van der Waals surface area contributed by atoms with Crippen LogP contribution in [0.2, 0.25) is 0 Å². The minimum absolute atomic E-state index is 0.0105. The van der Waals surface area contributed by atoms with E-state index in [1.807, 2.05) is 57.2 Å². The number of ketones is 1. The molecular formula is C26H22N2O3S. The van der Waals surface area contributed by atoms with E-state index >= 15 is 0 Å². The molecule has 0 saturated heterocycles. The Labute approximate surface area is 190 Å². The number of Topliss-reactive ketones (excluding diaryl/α,β-unsaturated/α-hetero) is 1. The highest BCUT2D eigenvalue weighted by molar-refractivity contribution is 7.00. The zero-order chi connectivity index (χ0) is 22.8. The van der Waals surface area contributed by atoms with Crippen LogP contribution in [0.15, 0.2) is 66.2 Å². The van der Waals surface area contributed by atoms with Crippen molar-refractivity contribution in [2.45, 2.75) is 27.2 Å². The third-order valence-electron chi connectivity index (χ3n) is 5.60. The fraction of sp³-hybridized carbons (Fsp3) is 0.154. The summed E-state index contributed by atoms with van der Waals surface area (Å²) in [5.41, 5.74) is 6.49. The van der Waals surface area contributed by atoms with Crippen molar-refractivity contribution in [1.82, 2.24) is 8.75 Å². The van der Waals surface area contributed by atoms with E-state index in [-0.39, 0.29) is 23.4 Å². The third-order valence-corrected chi connectivity index (χ3v) is 6.16. The number of hydrogen-bond donors (Lipinski definition) is 1. The largest absolute Gasteiger partial charge is 0.478 e. The molecule has 1 heterocycles. The number of aromatic nitrogens is 2. The van der Waals surface area contributed by atoms with Crippen molar-refractivity contribution < 1.29 is 14.7 Å². The zero-order valence-electron chi connectivity index (χ0n) is 18.0. The van der Waals surface area contributed by atoms with Gasteiger partial charge < -0.3 is 5.11 Å². The number of carboxylic acid groups (broad SMARTS) is 1. The van der Waals surface area contributed by atoms with E-state index in [0.29, 0.717) is 22.2 Å². The number of fused-ring (bicyclic) bond motifs is 1. The maximum absolute atomic E-state index is 13.7. The summed E-state index contributed by atoms with van der Waals surface area (Å²) < 4.78 is 8.41. The molecule has 5 nitrogen and oxygen atoms in total. The molecule has 0 aliphatic heterocycles. The molecule has 3 aromatic carbocycles. The van der Waals surface area contributed by atoms with Crippen LogP contribution in [0.3, 0.4) is 0 Å². The van der Waals surface area contributed by atoms with Crippen molar-refractivity contribution in [3.05, 3.63) is 99.6 Å². The maximum atomic E-state index is 13.7. The third kappa shape index (κ3) is 4.36. The summed E-state index contributed by atoms with van der Waals surface area (Å²) >= 11 is 1.07. The summed E-state index contributed by atoms with van der Waals surface area (Å²) in [6, 6.07) is 18.3. The number of rotatable bonds is 6. The molecule has 1 aromatic heterocycles. The highest BCUT2D eigenvalue weighted by Crippen LogP contribution is 2.28. The Morgan fingerprint density at radius 3 is 2.19 bits per heavy atom. The van der Waals surface area contributed by atoms with Crippen LogP contribution in [0.1, 0.15) is 38.2 Å². The topological polar surface area (TPSA) is 80.2 Å². The molecule has 0 amide bonds. The predicted octanol–water partition coefficient (Wildman–Crippen LogP) is 5.58. The lowest BCUT2D eigenvalue weighted by molar-refractivity contribution is -0.130. The molecule has 0 spiro atoms. The smallest absolute Gasteiger partial charge is 0.336 e. The summed E-state index contributed by atoms with van der Waals surface area (Å²) in [6.45, 7) is 5.91. The monoisotopic (exact) mass is 442 g/mol. The predicted molar refractivity (Wildman–Crippen MR) is 127 cm³/mol. The highest BCUT2D eigenvalue weighted by Gasteiger charge is 2.24. The number of carbonyl (C=O) groups excluding carboxylic acids is 1. The van der Waals surface area contributed by atoms with Gasteiger partial charge in [0.1, 0.15) is 11.0 Å². The van der Waals surface area contributed by atoms with Gasteiger partial charge in [0, 0.05) is 17.6 Å². The molecule has 0 bridgehead atoms. The Kier molecular flexibility index (Phi) is 5.97. The number of aryl methyl sites for hydroxylation is 3. The number of benzene rings is 3. The van der Waals surface area contributed by atoms with Crippen LogP contribution in [-0.4, -0.2) is 25.6 Å². The number of carbonyl (C=O) groups is 2. The van der Waals surface area contributed by atoms with Gasteiger partial charge in [-0.15, -0.1) is 0 Å². The van der Waals surface area contributed by atoms with Crippen LogP contribution in [0.4, 0.5) is 0 Å². The van der Waals surface area contributed by atoms with Gasteiger partial charge in [0.2, 0.25) is 0 Å². The van der Waals surface area contributed by atoms with Gasteiger partial charge in [0.05, 0.1) is 17.3 Å². The number of aliphatic carboxylic acids is 1. The molecule has 32 heavy (non-hydrogen) atoms. The molecule has 0 aliphatic carbocycles. The molecular weight excluding hydrogens is 420 g/mol. The van der Waals surface area contributed by atoms with E-state index < -0.39 is 5.97 Å². The molecule has 0 radical (unpaired) electrons. The average Bonchev–Trinajstić information content (AvgIpc) is 3.24. The molecule has 4 aromatic rings. The van der Waals surface area contributed by atoms with Crippen molar-refractivity contribution in [2.75, 3.05) is 0 Å². The summed E-state index contributed by atoms with van der Waals surface area (Å²) in [4.78, 5) is 26.1. The van der Waals surface area contributed by atoms with Gasteiger partial charge in [0.25, 0.3) is 0 Å². The van der Waals surface area contributed by atoms with Gasteiger partial charge in [-0.05, 0) is 61.2 Å². The van der Waals surface area contributed by atoms with Gasteiger partial charge >= 0.3 is 5.97 Å². The maximum Gasteiger partial charge on any atom is 0.336 e. The second-order valence-corrected chi connectivity index (χ2v) is 8.45. The Balaban J connectivity index is 1.92. The SMILES string of the molecule is Cc1ccc(C/C(C(=O)c2ccc(C)c(C)c2)=C(\C(=O)O)c2ccc3nsnc3c2)cc1. The number of nitrogens with zero attached hydrogens (tertiary/aromatic N) is 2. The standard InChI is InChI=1S/C26H22N2O3S/c1-15-4-7-18(8-5-15)13-21(25(29)20-9-6-16(2)17(3)12-20)24(26(30)31)19-10-11-22-23(14-19)28-32-27-22/h4-12,14H,13H2,1-3H3,(H,30,31)/b24-21+. The molecule has 0 aliphatic rings. The van der Waals surface area contributed by atoms with Crippen LogP contribution in [-0.2, 0) is 11.2 Å². The van der Waals surface area contributed by atoms with E-state index in [1.165, 1.54) is 0 Å². The van der Waals surface area contributed by atoms with E-state index in [1.54, 1.807) is 24.3 Å². The summed E-state index contributed by atoms with van der Waals surface area (Å²) in [5, 5.41) is 10.2. The molecule has 1 N–H and O–H groups in total. The lowest BCUT2D eigenvalue weighted by Gasteiger charge is -2.14. The molecule has 4 rings (SSSR count). The quantitative estimate of drug-likeness (QED) is 0.311. The molecule has 0 saturated carbocycles. The first-order chi connectivity index (χ1) is 15.3. The normalized spacial score (nSPS) is 12.0. The Morgan fingerprint density at radius 1 is 0.812 bits per heavy atom. The van der Waals surface area contributed by atoms with Gasteiger partial charge in [-0.1, -0.05) is 48.0 Å². The van der Waals surface area contributed by atoms with Gasteiger partial charge in [-0.2, -0.15) is 8.75 Å². The van der Waals surface area contributed by atoms with Gasteiger partial charge in [-0.25, -0.2) is 4.79 Å². The van der Waals surface area contributed by atoms with E-state index in [0.717, 1.165) is 34.0 Å². The van der Waals surface area contributed by atoms with Gasteiger partial charge in [0.15, 0.2) is 5.78 Å². The van der Waals surface area contributed by atoms with E-state index in [4.69, 9.17) is 0 Å². The zero-order valence-corrected chi connectivity index (χ0v) is 18.9. The Bertz CT molecular complexity index is 1370. The second-order valence-electron chi connectivity index (χ2n) is 7.92. The fourth-order valence-electron chi connectivity index (χ4n) is 3.61. The van der Waals surface area contributed by atoms with Crippen molar-refractivity contribution in [3.63, 3.8) is 0 Å². The van der Waals surface area contributed by atoms with Crippen LogP contribution in [0.5, 0.6) is 0 Å². The Morgan fingerprint density at radius 2 is 1.50 bits per heavy atom. The van der Waals surface area contributed by atoms with E-state index in [2.05, 4.69) is 8.75 Å². The summed E-state index contributed by atoms with van der Waals surface area (Å²) in [6.07, 6.45) is 0.209. The van der Waals surface area contributed by atoms with Crippen LogP contribution in [0, 0.1) is 20.8 Å². The number of allylic oxidation sites excluding steroid dienone is 1. The molecule has 160 valence electrons. The molecule has 6 heteroatoms. The minimum Gasteiger partial charge on any atom is -0.478 e. The Hall–Kier alpha value is -3.64. The highest BCUT2D eigenvalue weighted by atomic mass is 32.1. The van der Waals surface area contributed by atoms with Crippen molar-refractivity contribution >= 4 is 40.1 Å². The van der Waals surface area contributed by atoms with Gasteiger partial charge in [-0.3, -0.25) is 4.79 Å². The summed E-state index contributed by atoms with van der Waals surface area (Å²) in [5.74, 6) is -1.44. The fourth-order valence-corrected chi connectivity index (χ4v) is 4.13. The van der Waals surface area contributed by atoms with Crippen molar-refractivity contribution in [1.29, 1.82) is 0 Å². The lowest BCUT2D eigenvalue weighted by atomic mass is 9.88. The molecule has 0 unspecified atom stereocenters. The van der Waals surface area contributed by atoms with Crippen molar-refractivity contribution in [2.24, 2.45) is 0 Å². The lowest BCUT2D eigenvalue weighted by Crippen LogP contribution is -2.14. The number of hydrogen-bond acceptors (Lipinski definition) is 5. The second kappa shape index (κ2) is 8.85. The van der Waals surface area contributed by atoms with Crippen LogP contribution < -0.4 is 0 Å². The van der Waals surface area contributed by atoms with E-state index in [9.17, 15) is 14.7 Å². The first-order valence-electron chi connectivity index (χ1n) is 10.2. The minimum atomic E-state index is -1.15. The molecule has 0 fully saturated rings.